The average molecular weight is 402 g/mol. The topological polar surface area (TPSA) is 76.6 Å². The number of aromatic nitrogens is 2. The SMILES string of the molecule is COc1nc(N2CCc3cc(F)ccc3C2)nc(OC)c1NC(=O)CC(C)(C)C. The second-order valence-electron chi connectivity index (χ2n) is 8.29. The van der Waals surface area contributed by atoms with E-state index in [-0.39, 0.29) is 28.9 Å². The van der Waals surface area contributed by atoms with Gasteiger partial charge in [-0.2, -0.15) is 9.97 Å². The molecule has 1 aliphatic rings. The molecule has 0 saturated carbocycles. The molecular formula is C21H27FN4O3. The van der Waals surface area contributed by atoms with Crippen molar-refractivity contribution < 1.29 is 18.7 Å². The fourth-order valence-electron chi connectivity index (χ4n) is 3.31. The highest BCUT2D eigenvalue weighted by Gasteiger charge is 2.25. The second-order valence-corrected chi connectivity index (χ2v) is 8.29. The quantitative estimate of drug-likeness (QED) is 0.824. The lowest BCUT2D eigenvalue weighted by molar-refractivity contribution is -0.117. The number of amides is 1. The van der Waals surface area contributed by atoms with Crippen molar-refractivity contribution in [2.45, 2.75) is 40.2 Å². The Kier molecular flexibility index (Phi) is 5.91. The van der Waals surface area contributed by atoms with Crippen LogP contribution in [-0.2, 0) is 17.8 Å². The van der Waals surface area contributed by atoms with E-state index in [4.69, 9.17) is 9.47 Å². The van der Waals surface area contributed by atoms with E-state index >= 15 is 0 Å². The summed E-state index contributed by atoms with van der Waals surface area (Å²) in [5.41, 5.74) is 2.17. The van der Waals surface area contributed by atoms with Gasteiger partial charge < -0.3 is 19.7 Å². The molecule has 0 aliphatic carbocycles. The van der Waals surface area contributed by atoms with Crippen LogP contribution in [0.25, 0.3) is 0 Å². The fourth-order valence-corrected chi connectivity index (χ4v) is 3.31. The summed E-state index contributed by atoms with van der Waals surface area (Å²) in [4.78, 5) is 23.3. The molecule has 2 aromatic rings. The first-order chi connectivity index (χ1) is 13.7. The first-order valence-corrected chi connectivity index (χ1v) is 9.52. The van der Waals surface area contributed by atoms with Crippen LogP contribution in [0.3, 0.4) is 0 Å². The molecule has 0 fully saturated rings. The van der Waals surface area contributed by atoms with Gasteiger partial charge in [0.05, 0.1) is 14.2 Å². The number of benzene rings is 1. The lowest BCUT2D eigenvalue weighted by Gasteiger charge is -2.29. The molecule has 0 bridgehead atoms. The van der Waals surface area contributed by atoms with Gasteiger partial charge in [-0.3, -0.25) is 4.79 Å². The molecule has 3 rings (SSSR count). The Labute approximate surface area is 170 Å². The van der Waals surface area contributed by atoms with Gasteiger partial charge in [-0.1, -0.05) is 26.8 Å². The maximum atomic E-state index is 13.5. The number of fused-ring (bicyclic) bond motifs is 1. The average Bonchev–Trinajstić information content (AvgIpc) is 2.66. The molecule has 29 heavy (non-hydrogen) atoms. The maximum absolute atomic E-state index is 13.5. The van der Waals surface area contributed by atoms with E-state index in [1.807, 2.05) is 25.7 Å². The number of ether oxygens (including phenoxy) is 2. The van der Waals surface area contributed by atoms with Crippen molar-refractivity contribution in [3.63, 3.8) is 0 Å². The summed E-state index contributed by atoms with van der Waals surface area (Å²) in [6.07, 6.45) is 1.02. The van der Waals surface area contributed by atoms with E-state index in [0.717, 1.165) is 11.1 Å². The molecule has 0 saturated heterocycles. The molecule has 1 amide bonds. The lowest BCUT2D eigenvalue weighted by Crippen LogP contribution is -2.32. The summed E-state index contributed by atoms with van der Waals surface area (Å²) in [6.45, 7) is 7.15. The van der Waals surface area contributed by atoms with Crippen molar-refractivity contribution in [1.82, 2.24) is 9.97 Å². The molecule has 1 aromatic carbocycles. The smallest absolute Gasteiger partial charge is 0.246 e. The Hall–Kier alpha value is -2.90. The molecule has 1 N–H and O–H groups in total. The summed E-state index contributed by atoms with van der Waals surface area (Å²) in [5.74, 6) is 0.507. The molecule has 8 heteroatoms. The first kappa shape index (κ1) is 20.8. The van der Waals surface area contributed by atoms with Gasteiger partial charge >= 0.3 is 0 Å². The van der Waals surface area contributed by atoms with E-state index in [1.165, 1.54) is 20.3 Å². The number of nitrogens with one attached hydrogen (secondary N) is 1. The van der Waals surface area contributed by atoms with Gasteiger partial charge in [0.2, 0.25) is 23.6 Å². The molecule has 156 valence electrons. The number of carbonyl (C=O) groups excluding carboxylic acids is 1. The Morgan fingerprint density at radius 2 is 1.83 bits per heavy atom. The van der Waals surface area contributed by atoms with Crippen LogP contribution in [-0.4, -0.2) is 36.6 Å². The van der Waals surface area contributed by atoms with Gasteiger partial charge in [0, 0.05) is 19.5 Å². The van der Waals surface area contributed by atoms with E-state index in [1.54, 1.807) is 12.1 Å². The van der Waals surface area contributed by atoms with Crippen molar-refractivity contribution in [2.24, 2.45) is 5.41 Å². The van der Waals surface area contributed by atoms with E-state index < -0.39 is 0 Å². The number of hydrogen-bond donors (Lipinski definition) is 1. The van der Waals surface area contributed by atoms with Gasteiger partial charge in [-0.15, -0.1) is 0 Å². The van der Waals surface area contributed by atoms with Crippen LogP contribution in [0, 0.1) is 11.2 Å². The molecule has 0 radical (unpaired) electrons. The zero-order chi connectivity index (χ0) is 21.2. The van der Waals surface area contributed by atoms with Crippen LogP contribution in [0.15, 0.2) is 18.2 Å². The predicted molar refractivity (Wildman–Crippen MR) is 109 cm³/mol. The van der Waals surface area contributed by atoms with Gasteiger partial charge in [0.1, 0.15) is 5.82 Å². The van der Waals surface area contributed by atoms with Gasteiger partial charge in [0.25, 0.3) is 0 Å². The predicted octanol–water partition coefficient (Wildman–Crippen LogP) is 3.57. The monoisotopic (exact) mass is 402 g/mol. The summed E-state index contributed by atoms with van der Waals surface area (Å²) in [5, 5.41) is 2.82. The summed E-state index contributed by atoms with van der Waals surface area (Å²) < 4.78 is 24.3. The van der Waals surface area contributed by atoms with E-state index in [0.29, 0.717) is 37.6 Å². The number of rotatable bonds is 5. The summed E-state index contributed by atoms with van der Waals surface area (Å²) in [6, 6.07) is 4.81. The lowest BCUT2D eigenvalue weighted by atomic mass is 9.92. The molecule has 2 heterocycles. The number of halogens is 1. The third kappa shape index (κ3) is 4.93. The largest absolute Gasteiger partial charge is 0.479 e. The summed E-state index contributed by atoms with van der Waals surface area (Å²) in [7, 11) is 2.97. The zero-order valence-corrected chi connectivity index (χ0v) is 17.5. The van der Waals surface area contributed by atoms with Gasteiger partial charge in [-0.05, 0) is 35.1 Å². The minimum Gasteiger partial charge on any atom is -0.479 e. The second kappa shape index (κ2) is 8.23. The van der Waals surface area contributed by atoms with Crippen LogP contribution in [0.2, 0.25) is 0 Å². The third-order valence-electron chi connectivity index (χ3n) is 4.64. The molecule has 1 aliphatic heterocycles. The van der Waals surface area contributed by atoms with Gasteiger partial charge in [-0.25, -0.2) is 4.39 Å². The van der Waals surface area contributed by atoms with Crippen molar-refractivity contribution in [2.75, 3.05) is 31.0 Å². The summed E-state index contributed by atoms with van der Waals surface area (Å²) >= 11 is 0. The standard InChI is InChI=1S/C21H27FN4O3/c1-21(2,3)11-16(27)23-17-18(28-4)24-20(25-19(17)29-5)26-9-8-13-10-15(22)7-6-14(13)12-26/h6-7,10H,8-9,11-12H2,1-5H3,(H,23,27). The van der Waals surface area contributed by atoms with Crippen molar-refractivity contribution in [1.29, 1.82) is 0 Å². The Balaban J connectivity index is 1.88. The highest BCUT2D eigenvalue weighted by molar-refractivity contribution is 5.93. The number of hydrogen-bond acceptors (Lipinski definition) is 6. The minimum absolute atomic E-state index is 0.161. The molecule has 1 aromatic heterocycles. The molecule has 0 spiro atoms. The van der Waals surface area contributed by atoms with E-state index in [9.17, 15) is 9.18 Å². The zero-order valence-electron chi connectivity index (χ0n) is 17.5. The van der Waals surface area contributed by atoms with Crippen LogP contribution >= 0.6 is 0 Å². The van der Waals surface area contributed by atoms with Crippen molar-refractivity contribution in [3.8, 4) is 11.8 Å². The van der Waals surface area contributed by atoms with E-state index in [2.05, 4.69) is 15.3 Å². The number of anilines is 2. The molecule has 0 unspecified atom stereocenters. The number of nitrogens with zero attached hydrogens (tertiary/aromatic N) is 3. The maximum Gasteiger partial charge on any atom is 0.246 e. The Morgan fingerprint density at radius 3 is 2.41 bits per heavy atom. The number of methoxy groups -OCH3 is 2. The highest BCUT2D eigenvalue weighted by Crippen LogP contribution is 2.35. The van der Waals surface area contributed by atoms with Gasteiger partial charge in [0.15, 0.2) is 5.69 Å². The normalized spacial score (nSPS) is 13.7. The van der Waals surface area contributed by atoms with Crippen LogP contribution in [0.4, 0.5) is 16.0 Å². The molecule has 0 atom stereocenters. The third-order valence-corrected chi connectivity index (χ3v) is 4.64. The molecule has 7 nitrogen and oxygen atoms in total. The van der Waals surface area contributed by atoms with Crippen LogP contribution in [0.5, 0.6) is 11.8 Å². The Morgan fingerprint density at radius 1 is 1.17 bits per heavy atom. The minimum atomic E-state index is -0.230. The molecular weight excluding hydrogens is 375 g/mol. The van der Waals surface area contributed by atoms with Crippen molar-refractivity contribution in [3.05, 3.63) is 35.1 Å². The Bertz CT molecular complexity index is 886. The van der Waals surface area contributed by atoms with Crippen LogP contribution < -0.4 is 19.7 Å². The van der Waals surface area contributed by atoms with Crippen molar-refractivity contribution >= 4 is 17.5 Å². The first-order valence-electron chi connectivity index (χ1n) is 9.52. The van der Waals surface area contributed by atoms with Crippen LogP contribution in [0.1, 0.15) is 38.3 Å². The fraction of sp³-hybridized carbons (Fsp3) is 0.476. The highest BCUT2D eigenvalue weighted by atomic mass is 19.1. The number of carbonyl (C=O) groups is 1.